The molecular weight excluding hydrogens is 252 g/mol. The van der Waals surface area contributed by atoms with Gasteiger partial charge in [-0.3, -0.25) is 4.79 Å². The Bertz CT molecular complexity index is 454. The van der Waals surface area contributed by atoms with Gasteiger partial charge >= 0.3 is 0 Å². The summed E-state index contributed by atoms with van der Waals surface area (Å²) in [6.07, 6.45) is 2.87. The van der Waals surface area contributed by atoms with Gasteiger partial charge in [-0.25, -0.2) is 0 Å². The molecule has 110 valence electrons. The number of rotatable bonds is 5. The molecule has 1 aromatic carbocycles. The molecule has 1 atom stereocenters. The van der Waals surface area contributed by atoms with Gasteiger partial charge in [-0.2, -0.15) is 0 Å². The van der Waals surface area contributed by atoms with E-state index in [1.165, 1.54) is 0 Å². The monoisotopic (exact) mass is 276 g/mol. The maximum absolute atomic E-state index is 12.6. The molecular formula is C16H24N2O2. The second-order valence-electron chi connectivity index (χ2n) is 5.33. The van der Waals surface area contributed by atoms with Gasteiger partial charge < -0.3 is 15.4 Å². The van der Waals surface area contributed by atoms with Gasteiger partial charge in [0, 0.05) is 18.3 Å². The predicted octanol–water partition coefficient (Wildman–Crippen LogP) is 2.80. The van der Waals surface area contributed by atoms with E-state index in [-0.39, 0.29) is 11.3 Å². The molecule has 1 fully saturated rings. The number of anilines is 1. The van der Waals surface area contributed by atoms with E-state index >= 15 is 0 Å². The van der Waals surface area contributed by atoms with Gasteiger partial charge in [-0.05, 0) is 44.9 Å². The van der Waals surface area contributed by atoms with Crippen molar-refractivity contribution in [3.05, 3.63) is 24.3 Å². The molecule has 0 aromatic heterocycles. The zero-order valence-electron chi connectivity index (χ0n) is 12.4. The SMILES string of the molecule is CCOc1cccc(NC(=O)C2(CC)CCCNC2)c1. The van der Waals surface area contributed by atoms with Crippen LogP contribution in [0, 0.1) is 5.41 Å². The Labute approximate surface area is 120 Å². The smallest absolute Gasteiger partial charge is 0.231 e. The summed E-state index contributed by atoms with van der Waals surface area (Å²) in [5.74, 6) is 0.901. The summed E-state index contributed by atoms with van der Waals surface area (Å²) < 4.78 is 5.46. The molecule has 1 unspecified atom stereocenters. The first-order valence-electron chi connectivity index (χ1n) is 7.45. The molecule has 4 nitrogen and oxygen atoms in total. The van der Waals surface area contributed by atoms with Crippen LogP contribution >= 0.6 is 0 Å². The van der Waals surface area contributed by atoms with Crippen LogP contribution in [0.25, 0.3) is 0 Å². The van der Waals surface area contributed by atoms with Crippen LogP contribution in [0.3, 0.4) is 0 Å². The number of ether oxygens (including phenoxy) is 1. The van der Waals surface area contributed by atoms with Crippen LogP contribution in [0.1, 0.15) is 33.1 Å². The summed E-state index contributed by atoms with van der Waals surface area (Å²) in [5.41, 5.74) is 0.527. The topological polar surface area (TPSA) is 50.4 Å². The normalized spacial score (nSPS) is 22.3. The highest BCUT2D eigenvalue weighted by Crippen LogP contribution is 2.32. The van der Waals surface area contributed by atoms with E-state index in [0.717, 1.165) is 43.8 Å². The molecule has 0 saturated carbocycles. The number of amides is 1. The Balaban J connectivity index is 2.08. The average Bonchev–Trinajstić information content (AvgIpc) is 2.48. The van der Waals surface area contributed by atoms with E-state index in [1.807, 2.05) is 31.2 Å². The molecule has 2 N–H and O–H groups in total. The van der Waals surface area contributed by atoms with Crippen LogP contribution < -0.4 is 15.4 Å². The number of benzene rings is 1. The van der Waals surface area contributed by atoms with Crippen LogP contribution in [0.4, 0.5) is 5.69 Å². The largest absolute Gasteiger partial charge is 0.494 e. The van der Waals surface area contributed by atoms with Gasteiger partial charge in [0.2, 0.25) is 5.91 Å². The number of carbonyl (C=O) groups is 1. The summed E-state index contributed by atoms with van der Waals surface area (Å²) >= 11 is 0. The number of hydrogen-bond donors (Lipinski definition) is 2. The fourth-order valence-corrected chi connectivity index (χ4v) is 2.72. The maximum Gasteiger partial charge on any atom is 0.231 e. The van der Waals surface area contributed by atoms with E-state index in [9.17, 15) is 4.79 Å². The lowest BCUT2D eigenvalue weighted by Crippen LogP contribution is -2.47. The molecule has 1 heterocycles. The fraction of sp³-hybridized carbons (Fsp3) is 0.562. The van der Waals surface area contributed by atoms with Gasteiger partial charge in [0.15, 0.2) is 0 Å². The molecule has 1 aliphatic rings. The maximum atomic E-state index is 12.6. The van der Waals surface area contributed by atoms with Crippen molar-refractivity contribution >= 4 is 11.6 Å². The van der Waals surface area contributed by atoms with Crippen molar-refractivity contribution in [1.29, 1.82) is 0 Å². The third kappa shape index (κ3) is 3.31. The molecule has 1 aliphatic heterocycles. The van der Waals surface area contributed by atoms with Crippen LogP contribution in [0.5, 0.6) is 5.75 Å². The van der Waals surface area contributed by atoms with Crippen LogP contribution in [-0.2, 0) is 4.79 Å². The van der Waals surface area contributed by atoms with Crippen molar-refractivity contribution in [3.8, 4) is 5.75 Å². The fourth-order valence-electron chi connectivity index (χ4n) is 2.72. The minimum Gasteiger partial charge on any atom is -0.494 e. The molecule has 0 radical (unpaired) electrons. The number of carbonyl (C=O) groups excluding carboxylic acids is 1. The number of piperidine rings is 1. The van der Waals surface area contributed by atoms with E-state index in [4.69, 9.17) is 4.74 Å². The minimum absolute atomic E-state index is 0.112. The molecule has 0 spiro atoms. The predicted molar refractivity (Wildman–Crippen MR) is 81.1 cm³/mol. The zero-order chi connectivity index (χ0) is 14.4. The van der Waals surface area contributed by atoms with E-state index in [2.05, 4.69) is 17.6 Å². The lowest BCUT2D eigenvalue weighted by molar-refractivity contribution is -0.126. The first-order valence-corrected chi connectivity index (χ1v) is 7.45. The molecule has 4 heteroatoms. The molecule has 0 aliphatic carbocycles. The Morgan fingerprint density at radius 2 is 2.30 bits per heavy atom. The first kappa shape index (κ1) is 14.9. The lowest BCUT2D eigenvalue weighted by Gasteiger charge is -2.35. The third-order valence-electron chi connectivity index (χ3n) is 4.03. The third-order valence-corrected chi connectivity index (χ3v) is 4.03. The Kier molecular flexibility index (Phi) is 5.01. The zero-order valence-corrected chi connectivity index (χ0v) is 12.4. The van der Waals surface area contributed by atoms with Gasteiger partial charge in [0.05, 0.1) is 12.0 Å². The van der Waals surface area contributed by atoms with E-state index in [1.54, 1.807) is 0 Å². The van der Waals surface area contributed by atoms with Crippen molar-refractivity contribution in [2.75, 3.05) is 25.0 Å². The molecule has 1 amide bonds. The summed E-state index contributed by atoms with van der Waals surface area (Å²) in [6.45, 7) is 6.43. The van der Waals surface area contributed by atoms with Crippen molar-refractivity contribution in [2.45, 2.75) is 33.1 Å². The second-order valence-corrected chi connectivity index (χ2v) is 5.33. The molecule has 2 rings (SSSR count). The highest BCUT2D eigenvalue weighted by Gasteiger charge is 2.37. The molecule has 20 heavy (non-hydrogen) atoms. The Morgan fingerprint density at radius 3 is 2.95 bits per heavy atom. The van der Waals surface area contributed by atoms with Gasteiger partial charge in [-0.1, -0.05) is 13.0 Å². The van der Waals surface area contributed by atoms with Gasteiger partial charge in [-0.15, -0.1) is 0 Å². The van der Waals surface area contributed by atoms with Gasteiger partial charge in [0.1, 0.15) is 5.75 Å². The van der Waals surface area contributed by atoms with Crippen LogP contribution in [0.2, 0.25) is 0 Å². The number of nitrogens with one attached hydrogen (secondary N) is 2. The second kappa shape index (κ2) is 6.75. The number of hydrogen-bond acceptors (Lipinski definition) is 3. The van der Waals surface area contributed by atoms with E-state index in [0.29, 0.717) is 6.61 Å². The van der Waals surface area contributed by atoms with Crippen LogP contribution in [-0.4, -0.2) is 25.6 Å². The minimum atomic E-state index is -0.278. The first-order chi connectivity index (χ1) is 9.70. The standard InChI is InChI=1S/C16H24N2O2/c1-3-16(9-6-10-17-12-16)15(19)18-13-7-5-8-14(11-13)20-4-2/h5,7-8,11,17H,3-4,6,9-10,12H2,1-2H3,(H,18,19). The summed E-state index contributed by atoms with van der Waals surface area (Å²) in [4.78, 5) is 12.6. The highest BCUT2D eigenvalue weighted by molar-refractivity contribution is 5.95. The van der Waals surface area contributed by atoms with Crippen molar-refractivity contribution in [1.82, 2.24) is 5.32 Å². The van der Waals surface area contributed by atoms with Crippen molar-refractivity contribution < 1.29 is 9.53 Å². The van der Waals surface area contributed by atoms with Gasteiger partial charge in [0.25, 0.3) is 0 Å². The molecule has 0 bridgehead atoms. The lowest BCUT2D eigenvalue weighted by atomic mass is 9.77. The Hall–Kier alpha value is -1.55. The van der Waals surface area contributed by atoms with Crippen LogP contribution in [0.15, 0.2) is 24.3 Å². The van der Waals surface area contributed by atoms with E-state index < -0.39 is 0 Å². The average molecular weight is 276 g/mol. The Morgan fingerprint density at radius 1 is 1.45 bits per heavy atom. The summed E-state index contributed by atoms with van der Waals surface area (Å²) in [7, 11) is 0. The quantitative estimate of drug-likeness (QED) is 0.869. The molecule has 1 saturated heterocycles. The highest BCUT2D eigenvalue weighted by atomic mass is 16.5. The molecule has 1 aromatic rings. The summed E-state index contributed by atoms with van der Waals surface area (Å²) in [5, 5.41) is 6.38. The summed E-state index contributed by atoms with van der Waals surface area (Å²) in [6, 6.07) is 7.58. The van der Waals surface area contributed by atoms with Crippen molar-refractivity contribution in [2.24, 2.45) is 5.41 Å². The van der Waals surface area contributed by atoms with Crippen molar-refractivity contribution in [3.63, 3.8) is 0 Å².